The molecule has 4 heteroatoms. The van der Waals surface area contributed by atoms with Crippen molar-refractivity contribution in [1.29, 1.82) is 0 Å². The molecule has 0 aliphatic heterocycles. The Balaban J connectivity index is 2.05. The Bertz CT molecular complexity index is 898. The SMILES string of the molecule is CC(=O)Nc1cccc(-c2ccc(=O)n(-c3ccccc3)c2)c1. The van der Waals surface area contributed by atoms with E-state index in [9.17, 15) is 9.59 Å². The number of amides is 1. The molecular formula is C19H16N2O2. The van der Waals surface area contributed by atoms with Crippen LogP contribution < -0.4 is 10.9 Å². The Morgan fingerprint density at radius 2 is 1.70 bits per heavy atom. The summed E-state index contributed by atoms with van der Waals surface area (Å²) in [7, 11) is 0. The Labute approximate surface area is 134 Å². The molecule has 0 aliphatic carbocycles. The van der Waals surface area contributed by atoms with Crippen LogP contribution in [-0.4, -0.2) is 10.5 Å². The van der Waals surface area contributed by atoms with Crippen LogP contribution in [0, 0.1) is 0 Å². The van der Waals surface area contributed by atoms with Gasteiger partial charge in [-0.3, -0.25) is 14.2 Å². The van der Waals surface area contributed by atoms with Gasteiger partial charge in [-0.05, 0) is 41.5 Å². The van der Waals surface area contributed by atoms with Crippen LogP contribution >= 0.6 is 0 Å². The molecule has 0 radical (unpaired) electrons. The van der Waals surface area contributed by atoms with E-state index in [1.807, 2.05) is 60.8 Å². The quantitative estimate of drug-likeness (QED) is 0.805. The number of hydrogen-bond acceptors (Lipinski definition) is 2. The molecule has 3 rings (SSSR count). The van der Waals surface area contributed by atoms with Gasteiger partial charge in [-0.25, -0.2) is 0 Å². The number of benzene rings is 2. The normalized spacial score (nSPS) is 10.3. The molecule has 0 spiro atoms. The summed E-state index contributed by atoms with van der Waals surface area (Å²) in [6.07, 6.45) is 1.81. The van der Waals surface area contributed by atoms with Gasteiger partial charge in [-0.15, -0.1) is 0 Å². The molecule has 0 saturated heterocycles. The third-order valence-electron chi connectivity index (χ3n) is 3.46. The number of pyridine rings is 1. The molecule has 1 aromatic heterocycles. The van der Waals surface area contributed by atoms with E-state index in [1.165, 1.54) is 6.92 Å². The zero-order valence-corrected chi connectivity index (χ0v) is 12.7. The van der Waals surface area contributed by atoms with E-state index < -0.39 is 0 Å². The van der Waals surface area contributed by atoms with Crippen molar-refractivity contribution in [2.45, 2.75) is 6.92 Å². The highest BCUT2D eigenvalue weighted by Crippen LogP contribution is 2.22. The second kappa shape index (κ2) is 6.32. The van der Waals surface area contributed by atoms with Crippen molar-refractivity contribution in [1.82, 2.24) is 4.57 Å². The van der Waals surface area contributed by atoms with Gasteiger partial charge in [0.2, 0.25) is 5.91 Å². The molecule has 1 heterocycles. The standard InChI is InChI=1S/C19H16N2O2/c1-14(22)20-17-7-5-6-15(12-17)16-10-11-19(23)21(13-16)18-8-3-2-4-9-18/h2-13H,1H3,(H,20,22). The summed E-state index contributed by atoms with van der Waals surface area (Å²) in [5, 5.41) is 2.77. The van der Waals surface area contributed by atoms with Gasteiger partial charge in [0, 0.05) is 30.6 Å². The van der Waals surface area contributed by atoms with Crippen LogP contribution in [0.5, 0.6) is 0 Å². The summed E-state index contributed by atoms with van der Waals surface area (Å²) in [5.41, 5.74) is 3.30. The minimum atomic E-state index is -0.114. The maximum atomic E-state index is 12.1. The Hall–Kier alpha value is -3.14. The first kappa shape index (κ1) is 14.8. The van der Waals surface area contributed by atoms with Gasteiger partial charge >= 0.3 is 0 Å². The van der Waals surface area contributed by atoms with Gasteiger partial charge < -0.3 is 5.32 Å². The summed E-state index contributed by atoms with van der Waals surface area (Å²) in [6.45, 7) is 1.47. The van der Waals surface area contributed by atoms with Gasteiger partial charge in [0.05, 0.1) is 0 Å². The molecule has 3 aromatic rings. The first-order valence-electron chi connectivity index (χ1n) is 7.30. The fraction of sp³-hybridized carbons (Fsp3) is 0.0526. The maximum absolute atomic E-state index is 12.1. The van der Waals surface area contributed by atoms with Gasteiger partial charge in [0.25, 0.3) is 5.56 Å². The predicted octanol–water partition coefficient (Wildman–Crippen LogP) is 3.46. The third-order valence-corrected chi connectivity index (χ3v) is 3.46. The highest BCUT2D eigenvalue weighted by molar-refractivity contribution is 5.89. The topological polar surface area (TPSA) is 51.1 Å². The molecule has 2 aromatic carbocycles. The Kier molecular flexibility index (Phi) is 4.06. The number of nitrogens with one attached hydrogen (secondary N) is 1. The second-order valence-electron chi connectivity index (χ2n) is 5.22. The number of carbonyl (C=O) groups excluding carboxylic acids is 1. The van der Waals surface area contributed by atoms with Crippen LogP contribution in [0.4, 0.5) is 5.69 Å². The molecule has 1 N–H and O–H groups in total. The molecule has 0 aliphatic rings. The van der Waals surface area contributed by atoms with Crippen LogP contribution in [0.2, 0.25) is 0 Å². The van der Waals surface area contributed by atoms with Crippen molar-refractivity contribution >= 4 is 11.6 Å². The molecule has 0 saturated carbocycles. The number of para-hydroxylation sites is 1. The van der Waals surface area contributed by atoms with Crippen molar-refractivity contribution in [2.75, 3.05) is 5.32 Å². The minimum Gasteiger partial charge on any atom is -0.326 e. The average molecular weight is 304 g/mol. The van der Waals surface area contributed by atoms with E-state index >= 15 is 0 Å². The first-order valence-corrected chi connectivity index (χ1v) is 7.30. The van der Waals surface area contributed by atoms with Crippen molar-refractivity contribution < 1.29 is 4.79 Å². The number of carbonyl (C=O) groups is 1. The van der Waals surface area contributed by atoms with Gasteiger partial charge in [-0.2, -0.15) is 0 Å². The molecular weight excluding hydrogens is 288 g/mol. The summed E-state index contributed by atoms with van der Waals surface area (Å²) in [5.74, 6) is -0.114. The molecule has 0 unspecified atom stereocenters. The zero-order valence-electron chi connectivity index (χ0n) is 12.7. The summed E-state index contributed by atoms with van der Waals surface area (Å²) in [6, 6.07) is 20.3. The number of hydrogen-bond donors (Lipinski definition) is 1. The van der Waals surface area contributed by atoms with Gasteiger partial charge in [0.1, 0.15) is 0 Å². The smallest absolute Gasteiger partial charge is 0.255 e. The lowest BCUT2D eigenvalue weighted by Gasteiger charge is -2.10. The number of rotatable bonds is 3. The first-order chi connectivity index (χ1) is 11.1. The van der Waals surface area contributed by atoms with Crippen LogP contribution in [0.25, 0.3) is 16.8 Å². The van der Waals surface area contributed by atoms with E-state index in [2.05, 4.69) is 5.32 Å². The summed E-state index contributed by atoms with van der Waals surface area (Å²) >= 11 is 0. The fourth-order valence-electron chi connectivity index (χ4n) is 2.43. The number of nitrogens with zero attached hydrogens (tertiary/aromatic N) is 1. The highest BCUT2D eigenvalue weighted by Gasteiger charge is 2.04. The Morgan fingerprint density at radius 3 is 2.43 bits per heavy atom. The maximum Gasteiger partial charge on any atom is 0.255 e. The van der Waals surface area contributed by atoms with Crippen LogP contribution in [0.3, 0.4) is 0 Å². The van der Waals surface area contributed by atoms with Gasteiger partial charge in [0.15, 0.2) is 0 Å². The van der Waals surface area contributed by atoms with Gasteiger partial charge in [-0.1, -0.05) is 30.3 Å². The average Bonchev–Trinajstić information content (AvgIpc) is 2.56. The van der Waals surface area contributed by atoms with Crippen molar-refractivity contribution in [3.8, 4) is 16.8 Å². The lowest BCUT2D eigenvalue weighted by molar-refractivity contribution is -0.114. The third kappa shape index (κ3) is 3.37. The van der Waals surface area contributed by atoms with Crippen LogP contribution in [-0.2, 0) is 4.79 Å². The predicted molar refractivity (Wildman–Crippen MR) is 91.8 cm³/mol. The lowest BCUT2D eigenvalue weighted by Crippen LogP contribution is -2.16. The number of anilines is 1. The van der Waals surface area contributed by atoms with Crippen LogP contribution in [0.1, 0.15) is 6.92 Å². The lowest BCUT2D eigenvalue weighted by atomic mass is 10.1. The summed E-state index contributed by atoms with van der Waals surface area (Å²) in [4.78, 5) is 23.3. The summed E-state index contributed by atoms with van der Waals surface area (Å²) < 4.78 is 1.61. The van der Waals surface area contributed by atoms with E-state index in [1.54, 1.807) is 16.7 Å². The van der Waals surface area contributed by atoms with E-state index in [-0.39, 0.29) is 11.5 Å². The molecule has 0 bridgehead atoms. The second-order valence-corrected chi connectivity index (χ2v) is 5.22. The largest absolute Gasteiger partial charge is 0.326 e. The molecule has 114 valence electrons. The van der Waals surface area contributed by atoms with Crippen molar-refractivity contribution in [2.24, 2.45) is 0 Å². The van der Waals surface area contributed by atoms with E-state index in [4.69, 9.17) is 0 Å². The number of aromatic nitrogens is 1. The van der Waals surface area contributed by atoms with E-state index in [0.717, 1.165) is 22.5 Å². The van der Waals surface area contributed by atoms with Crippen LogP contribution in [0.15, 0.2) is 77.7 Å². The zero-order chi connectivity index (χ0) is 16.2. The fourth-order valence-corrected chi connectivity index (χ4v) is 2.43. The molecule has 1 amide bonds. The molecule has 0 atom stereocenters. The minimum absolute atomic E-state index is 0.0852. The molecule has 23 heavy (non-hydrogen) atoms. The van der Waals surface area contributed by atoms with E-state index in [0.29, 0.717) is 0 Å². The monoisotopic (exact) mass is 304 g/mol. The molecule has 4 nitrogen and oxygen atoms in total. The van der Waals surface area contributed by atoms with Crippen molar-refractivity contribution in [3.63, 3.8) is 0 Å². The van der Waals surface area contributed by atoms with Crippen molar-refractivity contribution in [3.05, 3.63) is 83.3 Å². The highest BCUT2D eigenvalue weighted by atomic mass is 16.1. The Morgan fingerprint density at radius 1 is 0.913 bits per heavy atom. The molecule has 0 fully saturated rings.